The zero-order valence-electron chi connectivity index (χ0n) is 7.44. The van der Waals surface area contributed by atoms with Gasteiger partial charge >= 0.3 is 16.4 Å². The lowest BCUT2D eigenvalue weighted by Gasteiger charge is -2.15. The van der Waals surface area contributed by atoms with Crippen molar-refractivity contribution in [2.45, 2.75) is 25.6 Å². The quantitative estimate of drug-likeness (QED) is 0.577. The van der Waals surface area contributed by atoms with Gasteiger partial charge in [-0.05, 0) is 6.42 Å². The molecule has 0 aliphatic rings. The van der Waals surface area contributed by atoms with Gasteiger partial charge < -0.3 is 5.32 Å². The van der Waals surface area contributed by atoms with E-state index < -0.39 is 34.7 Å². The topological polar surface area (TPSA) is 46.2 Å². The number of nitrogens with one attached hydrogen (secondary N) is 1. The Bertz CT molecular complexity index is 261. The van der Waals surface area contributed by atoms with Crippen molar-refractivity contribution in [2.24, 2.45) is 0 Å². The van der Waals surface area contributed by atoms with E-state index >= 15 is 0 Å². The van der Waals surface area contributed by atoms with Crippen molar-refractivity contribution >= 4 is 10.2 Å². The summed E-state index contributed by atoms with van der Waals surface area (Å²) < 4.78 is 67.4. The molecule has 3 nitrogen and oxygen atoms in total. The molecular weight excluding hydrogens is 226 g/mol. The molecular formula is C6H11F4NO2S. The third-order valence-corrected chi connectivity index (χ3v) is 2.28. The van der Waals surface area contributed by atoms with E-state index in [9.17, 15) is 25.5 Å². The average Bonchev–Trinajstić information content (AvgIpc) is 1.94. The first-order valence-corrected chi connectivity index (χ1v) is 5.42. The minimum atomic E-state index is -4.73. The minimum Gasteiger partial charge on any atom is -0.305 e. The summed E-state index contributed by atoms with van der Waals surface area (Å²) in [6.07, 6.45) is -4.31. The monoisotopic (exact) mass is 237 g/mol. The van der Waals surface area contributed by atoms with Crippen molar-refractivity contribution in [3.8, 4) is 0 Å². The highest BCUT2D eigenvalue weighted by Gasteiger charge is 2.28. The maximum atomic E-state index is 12.1. The molecule has 1 N–H and O–H groups in total. The van der Waals surface area contributed by atoms with Gasteiger partial charge in [-0.15, -0.1) is 3.89 Å². The second-order valence-corrected chi connectivity index (χ2v) is 4.22. The van der Waals surface area contributed by atoms with Crippen LogP contribution in [-0.4, -0.2) is 32.9 Å². The molecule has 1 unspecified atom stereocenters. The largest absolute Gasteiger partial charge is 0.401 e. The van der Waals surface area contributed by atoms with E-state index in [1.807, 2.05) is 5.32 Å². The Balaban J connectivity index is 4.06. The highest BCUT2D eigenvalue weighted by Crippen LogP contribution is 2.13. The van der Waals surface area contributed by atoms with Gasteiger partial charge in [0, 0.05) is 6.04 Å². The number of hydrogen-bond donors (Lipinski definition) is 1. The summed E-state index contributed by atoms with van der Waals surface area (Å²) in [5.41, 5.74) is 0. The van der Waals surface area contributed by atoms with E-state index in [1.165, 1.54) is 6.92 Å². The Hall–Kier alpha value is -0.370. The summed E-state index contributed by atoms with van der Waals surface area (Å²) in [7, 11) is -4.73. The summed E-state index contributed by atoms with van der Waals surface area (Å²) in [6.45, 7) is 0.153. The third kappa shape index (κ3) is 8.24. The molecule has 0 fully saturated rings. The SMILES string of the molecule is CCC(CS(=O)(=O)F)NCC(F)(F)F. The Kier molecular flexibility index (Phi) is 4.79. The Morgan fingerprint density at radius 1 is 1.36 bits per heavy atom. The molecule has 0 aromatic heterocycles. The van der Waals surface area contributed by atoms with Crippen LogP contribution in [0.2, 0.25) is 0 Å². The average molecular weight is 237 g/mol. The van der Waals surface area contributed by atoms with E-state index in [4.69, 9.17) is 0 Å². The normalized spacial score (nSPS) is 15.5. The summed E-state index contributed by atoms with van der Waals surface area (Å²) in [4.78, 5) is 0. The molecule has 0 aromatic rings. The molecule has 0 radical (unpaired) electrons. The minimum absolute atomic E-state index is 0.110. The number of rotatable bonds is 5. The first-order valence-electron chi connectivity index (χ1n) is 3.86. The van der Waals surface area contributed by atoms with Crippen molar-refractivity contribution in [3.63, 3.8) is 0 Å². The van der Waals surface area contributed by atoms with Gasteiger partial charge in [-0.25, -0.2) is 0 Å². The van der Waals surface area contributed by atoms with E-state index in [-0.39, 0.29) is 6.42 Å². The third-order valence-electron chi connectivity index (χ3n) is 1.48. The molecule has 0 aliphatic carbocycles. The highest BCUT2D eigenvalue weighted by atomic mass is 32.3. The van der Waals surface area contributed by atoms with Gasteiger partial charge in [0.05, 0.1) is 12.3 Å². The van der Waals surface area contributed by atoms with Gasteiger partial charge in [-0.1, -0.05) is 6.92 Å². The first-order chi connectivity index (χ1) is 6.14. The van der Waals surface area contributed by atoms with Crippen molar-refractivity contribution in [2.75, 3.05) is 12.3 Å². The van der Waals surface area contributed by atoms with E-state index in [1.54, 1.807) is 0 Å². The highest BCUT2D eigenvalue weighted by molar-refractivity contribution is 7.86. The van der Waals surface area contributed by atoms with Crippen LogP contribution in [0.4, 0.5) is 17.1 Å². The van der Waals surface area contributed by atoms with Gasteiger partial charge in [0.2, 0.25) is 0 Å². The first kappa shape index (κ1) is 13.6. The molecule has 0 aromatic carbocycles. The van der Waals surface area contributed by atoms with Crippen LogP contribution in [0.25, 0.3) is 0 Å². The number of alkyl halides is 3. The summed E-state index contributed by atoms with van der Waals surface area (Å²) in [5, 5.41) is 1.92. The predicted octanol–water partition coefficient (Wildman–Crippen LogP) is 1.22. The standard InChI is InChI=1S/C6H11F4NO2S/c1-2-5(3-14(10,12)13)11-4-6(7,8)9/h5,11H,2-4H2,1H3. The Labute approximate surface area is 79.7 Å². The van der Waals surface area contributed by atoms with Crippen LogP contribution >= 0.6 is 0 Å². The number of halogens is 4. The molecule has 0 saturated carbocycles. The van der Waals surface area contributed by atoms with Crippen LogP contribution in [0.5, 0.6) is 0 Å². The molecule has 14 heavy (non-hydrogen) atoms. The van der Waals surface area contributed by atoms with Crippen molar-refractivity contribution < 1.29 is 25.5 Å². The van der Waals surface area contributed by atoms with E-state index in [0.29, 0.717) is 0 Å². The summed E-state index contributed by atoms with van der Waals surface area (Å²) >= 11 is 0. The van der Waals surface area contributed by atoms with Gasteiger partial charge in [0.1, 0.15) is 0 Å². The molecule has 0 spiro atoms. The van der Waals surface area contributed by atoms with E-state index in [0.717, 1.165) is 0 Å². The van der Waals surface area contributed by atoms with Crippen LogP contribution < -0.4 is 5.32 Å². The lowest BCUT2D eigenvalue weighted by Crippen LogP contribution is -2.40. The van der Waals surface area contributed by atoms with Gasteiger partial charge in [0.15, 0.2) is 0 Å². The molecule has 8 heteroatoms. The fourth-order valence-corrected chi connectivity index (χ4v) is 1.66. The van der Waals surface area contributed by atoms with Crippen molar-refractivity contribution in [1.82, 2.24) is 5.32 Å². The zero-order chi connectivity index (χ0) is 11.4. The maximum absolute atomic E-state index is 12.1. The Morgan fingerprint density at radius 2 is 1.86 bits per heavy atom. The molecule has 0 saturated heterocycles. The molecule has 0 amide bonds. The molecule has 0 rings (SSSR count). The lowest BCUT2D eigenvalue weighted by molar-refractivity contribution is -0.126. The Morgan fingerprint density at radius 3 is 2.14 bits per heavy atom. The molecule has 0 bridgehead atoms. The molecule has 1 atom stereocenters. The van der Waals surface area contributed by atoms with Gasteiger partial charge in [-0.2, -0.15) is 21.6 Å². The van der Waals surface area contributed by atoms with E-state index in [2.05, 4.69) is 0 Å². The summed E-state index contributed by atoms with van der Waals surface area (Å²) in [6, 6.07) is -1.01. The fraction of sp³-hybridized carbons (Fsp3) is 1.00. The predicted molar refractivity (Wildman–Crippen MR) is 43.0 cm³/mol. The van der Waals surface area contributed by atoms with Crippen molar-refractivity contribution in [1.29, 1.82) is 0 Å². The van der Waals surface area contributed by atoms with Gasteiger partial charge in [-0.3, -0.25) is 0 Å². The zero-order valence-corrected chi connectivity index (χ0v) is 8.25. The van der Waals surface area contributed by atoms with Crippen LogP contribution in [0, 0.1) is 0 Å². The van der Waals surface area contributed by atoms with Crippen molar-refractivity contribution in [3.05, 3.63) is 0 Å². The van der Waals surface area contributed by atoms with Crippen LogP contribution in [0.15, 0.2) is 0 Å². The second-order valence-electron chi connectivity index (χ2n) is 2.81. The second kappa shape index (κ2) is 4.92. The smallest absolute Gasteiger partial charge is 0.305 e. The molecule has 0 aliphatic heterocycles. The van der Waals surface area contributed by atoms with Crippen LogP contribution in [0.1, 0.15) is 13.3 Å². The maximum Gasteiger partial charge on any atom is 0.401 e. The summed E-state index contributed by atoms with van der Waals surface area (Å²) in [5.74, 6) is -0.931. The fourth-order valence-electron chi connectivity index (χ4n) is 0.821. The van der Waals surface area contributed by atoms with Crippen LogP contribution in [0.3, 0.4) is 0 Å². The number of hydrogen-bond acceptors (Lipinski definition) is 3. The van der Waals surface area contributed by atoms with Gasteiger partial charge in [0.25, 0.3) is 0 Å². The lowest BCUT2D eigenvalue weighted by atomic mass is 10.2. The molecule has 0 heterocycles. The van der Waals surface area contributed by atoms with Crippen LogP contribution in [-0.2, 0) is 10.2 Å². The molecule has 86 valence electrons.